The van der Waals surface area contributed by atoms with E-state index in [9.17, 15) is 9.59 Å². The van der Waals surface area contributed by atoms with Crippen LogP contribution in [0.1, 0.15) is 36.4 Å². The second-order valence-electron chi connectivity index (χ2n) is 4.97. The minimum atomic E-state index is -2.45. The number of nitrogens with one attached hydrogen (secondary N) is 1. The Balaban J connectivity index is 3.18. The highest BCUT2D eigenvalue weighted by Gasteiger charge is 2.33. The molecule has 5 N–H and O–H groups in total. The lowest BCUT2D eigenvalue weighted by Gasteiger charge is -2.31. The predicted molar refractivity (Wildman–Crippen MR) is 74.0 cm³/mol. The molecule has 0 heterocycles. The van der Waals surface area contributed by atoms with Gasteiger partial charge < -0.3 is 11.5 Å². The van der Waals surface area contributed by atoms with Crippen molar-refractivity contribution in [1.82, 2.24) is 5.32 Å². The average molecular weight is 266 g/mol. The van der Waals surface area contributed by atoms with Gasteiger partial charge in [-0.1, -0.05) is 51.0 Å². The van der Waals surface area contributed by atoms with Gasteiger partial charge in [0.1, 0.15) is 6.04 Å². The van der Waals surface area contributed by atoms with Crippen LogP contribution in [0.25, 0.3) is 0 Å². The third kappa shape index (κ3) is 4.06. The van der Waals surface area contributed by atoms with E-state index in [1.807, 2.05) is 0 Å². The third-order valence-corrected chi connectivity index (χ3v) is 2.76. The van der Waals surface area contributed by atoms with Crippen molar-refractivity contribution in [1.29, 1.82) is 0 Å². The van der Waals surface area contributed by atoms with E-state index < -0.39 is 36.2 Å². The zero-order valence-electron chi connectivity index (χ0n) is 14.0. The molecule has 0 saturated heterocycles. The van der Waals surface area contributed by atoms with Crippen molar-refractivity contribution in [3.8, 4) is 0 Å². The molecule has 104 valence electrons. The number of carbonyl (C=O) groups is 2. The van der Waals surface area contributed by atoms with Crippen molar-refractivity contribution in [2.24, 2.45) is 16.9 Å². The highest BCUT2D eigenvalue weighted by atomic mass is 16.2. The fraction of sp³-hybridized carbons (Fsp3) is 0.429. The number of benzene rings is 1. The van der Waals surface area contributed by atoms with Gasteiger partial charge in [0, 0.05) is 4.11 Å². The summed E-state index contributed by atoms with van der Waals surface area (Å²) in [6.07, 6.45) is 0. The van der Waals surface area contributed by atoms with Gasteiger partial charge in [0.05, 0.1) is 6.04 Å². The van der Waals surface area contributed by atoms with Crippen LogP contribution in [0.2, 0.25) is 0 Å². The van der Waals surface area contributed by atoms with E-state index in [1.165, 1.54) is 13.8 Å². The molecule has 0 spiro atoms. The molecule has 19 heavy (non-hydrogen) atoms. The van der Waals surface area contributed by atoms with Crippen LogP contribution in [-0.2, 0) is 9.59 Å². The van der Waals surface area contributed by atoms with Crippen molar-refractivity contribution in [2.75, 3.05) is 0 Å². The lowest BCUT2D eigenvalue weighted by Crippen LogP contribution is -2.53. The van der Waals surface area contributed by atoms with Crippen LogP contribution in [0.3, 0.4) is 0 Å². The van der Waals surface area contributed by atoms with Gasteiger partial charge in [-0.2, -0.15) is 0 Å². The van der Waals surface area contributed by atoms with Gasteiger partial charge in [-0.05, 0) is 11.0 Å². The molecular formula is C14H21N3O2. The first kappa shape index (κ1) is 11.0. The Morgan fingerprint density at radius 1 is 1.21 bits per heavy atom. The van der Waals surface area contributed by atoms with Crippen LogP contribution in [0.15, 0.2) is 30.3 Å². The Labute approximate surface area is 117 Å². The van der Waals surface area contributed by atoms with Crippen molar-refractivity contribution in [2.45, 2.75) is 32.8 Å². The maximum Gasteiger partial charge on any atom is 0.239 e. The van der Waals surface area contributed by atoms with Crippen LogP contribution >= 0.6 is 0 Å². The Bertz CT molecular complexity index is 544. The van der Waals surface area contributed by atoms with Crippen LogP contribution in [0, 0.1) is 5.41 Å². The second-order valence-corrected chi connectivity index (χ2v) is 4.97. The smallest absolute Gasteiger partial charge is 0.239 e. The fourth-order valence-electron chi connectivity index (χ4n) is 1.80. The Morgan fingerprint density at radius 2 is 1.79 bits per heavy atom. The summed E-state index contributed by atoms with van der Waals surface area (Å²) in [5.41, 5.74) is 9.78. The molecule has 0 bridgehead atoms. The zero-order chi connectivity index (χ0) is 17.1. The van der Waals surface area contributed by atoms with E-state index in [4.69, 9.17) is 15.6 Å². The monoisotopic (exact) mass is 266 g/mol. The molecule has 0 aromatic heterocycles. The number of carbonyl (C=O) groups excluding carboxylic acids is 2. The predicted octanol–water partition coefficient (Wildman–Crippen LogP) is 0.703. The molecule has 5 nitrogen and oxygen atoms in total. The minimum Gasteiger partial charge on any atom is -0.368 e. The molecule has 0 unspecified atom stereocenters. The summed E-state index contributed by atoms with van der Waals surface area (Å²) >= 11 is 0. The molecule has 0 radical (unpaired) electrons. The molecule has 0 fully saturated rings. The second kappa shape index (κ2) is 5.84. The first-order chi connectivity index (χ1) is 9.98. The summed E-state index contributed by atoms with van der Waals surface area (Å²) < 4.78 is 22.8. The quantitative estimate of drug-likeness (QED) is 0.731. The van der Waals surface area contributed by atoms with E-state index in [1.54, 1.807) is 30.3 Å². The average Bonchev–Trinajstić information content (AvgIpc) is 2.37. The summed E-state index contributed by atoms with van der Waals surface area (Å²) in [5, 5.41) is 2.71. The van der Waals surface area contributed by atoms with Gasteiger partial charge in [0.15, 0.2) is 0 Å². The Hall–Kier alpha value is -1.88. The molecule has 0 saturated carbocycles. The van der Waals surface area contributed by atoms with Crippen molar-refractivity contribution in [3.63, 3.8) is 0 Å². The fourth-order valence-corrected chi connectivity index (χ4v) is 1.80. The SMILES string of the molecule is [2H]C([2H])([2H])C(C)(C)[C@H](N[C@@H](C(N)=O)c1ccccc1)C(N)=O. The third-order valence-electron chi connectivity index (χ3n) is 2.76. The standard InChI is InChI=1S/C14H21N3O2/c1-14(2,3)11(13(16)19)17-10(12(15)18)9-7-5-4-6-8-9/h4-8,10-11,17H,1-3H3,(H2,15,18)(H2,16,19)/t10-,11-/m1/s1/i1D3. The van der Waals surface area contributed by atoms with Gasteiger partial charge in [-0.15, -0.1) is 0 Å². The molecule has 2 amide bonds. The van der Waals surface area contributed by atoms with Gasteiger partial charge in [-0.3, -0.25) is 14.9 Å². The van der Waals surface area contributed by atoms with Crippen LogP contribution in [0.4, 0.5) is 0 Å². The normalized spacial score (nSPS) is 17.7. The zero-order valence-corrected chi connectivity index (χ0v) is 11.0. The van der Waals surface area contributed by atoms with Crippen molar-refractivity contribution < 1.29 is 13.7 Å². The van der Waals surface area contributed by atoms with Crippen molar-refractivity contribution >= 4 is 11.8 Å². The maximum absolute atomic E-state index is 11.7. The number of nitrogens with two attached hydrogens (primary N) is 2. The largest absolute Gasteiger partial charge is 0.368 e. The van der Waals surface area contributed by atoms with Crippen LogP contribution in [0.5, 0.6) is 0 Å². The molecule has 5 heteroatoms. The lowest BCUT2D eigenvalue weighted by molar-refractivity contribution is -0.124. The lowest BCUT2D eigenvalue weighted by atomic mass is 9.85. The maximum atomic E-state index is 11.7. The number of rotatable bonds is 5. The van der Waals surface area contributed by atoms with Gasteiger partial charge in [-0.25, -0.2) is 0 Å². The van der Waals surface area contributed by atoms with E-state index in [0.29, 0.717) is 5.56 Å². The number of amides is 2. The van der Waals surface area contributed by atoms with Gasteiger partial charge >= 0.3 is 0 Å². The van der Waals surface area contributed by atoms with Crippen LogP contribution in [-0.4, -0.2) is 17.9 Å². The summed E-state index contributed by atoms with van der Waals surface area (Å²) in [5.74, 6) is -1.58. The van der Waals surface area contributed by atoms with Gasteiger partial charge in [0.2, 0.25) is 11.8 Å². The molecule has 1 aromatic carbocycles. The summed E-state index contributed by atoms with van der Waals surface area (Å²) in [6.45, 7) is 0.343. The first-order valence-electron chi connectivity index (χ1n) is 7.38. The Morgan fingerprint density at radius 3 is 2.21 bits per heavy atom. The molecule has 1 rings (SSSR count). The number of hydrogen-bond donors (Lipinski definition) is 3. The molecule has 0 aliphatic carbocycles. The first-order valence-corrected chi connectivity index (χ1v) is 5.88. The highest BCUT2D eigenvalue weighted by molar-refractivity contribution is 5.84. The topological polar surface area (TPSA) is 98.2 Å². The summed E-state index contributed by atoms with van der Waals surface area (Å²) in [6, 6.07) is 6.23. The summed E-state index contributed by atoms with van der Waals surface area (Å²) in [4.78, 5) is 23.4. The number of hydrogen-bond acceptors (Lipinski definition) is 3. The van der Waals surface area contributed by atoms with E-state index >= 15 is 0 Å². The van der Waals surface area contributed by atoms with Gasteiger partial charge in [0.25, 0.3) is 0 Å². The molecule has 0 aliphatic rings. The Kier molecular flexibility index (Phi) is 3.38. The molecule has 1 aromatic rings. The van der Waals surface area contributed by atoms with E-state index in [0.717, 1.165) is 0 Å². The van der Waals surface area contributed by atoms with E-state index in [-0.39, 0.29) is 0 Å². The highest BCUT2D eigenvalue weighted by Crippen LogP contribution is 2.22. The molecule has 0 aliphatic heterocycles. The number of primary amides is 2. The van der Waals surface area contributed by atoms with E-state index in [2.05, 4.69) is 5.32 Å². The molecular weight excluding hydrogens is 242 g/mol. The summed E-state index contributed by atoms with van der Waals surface area (Å²) in [7, 11) is 0. The minimum absolute atomic E-state index is 0.530. The van der Waals surface area contributed by atoms with Crippen LogP contribution < -0.4 is 16.8 Å². The van der Waals surface area contributed by atoms with Crippen molar-refractivity contribution in [3.05, 3.63) is 35.9 Å². The molecule has 2 atom stereocenters.